The summed E-state index contributed by atoms with van der Waals surface area (Å²) >= 11 is 0. The van der Waals surface area contributed by atoms with E-state index in [0.717, 1.165) is 22.6 Å². The lowest BCUT2D eigenvalue weighted by Gasteiger charge is -2.19. The van der Waals surface area contributed by atoms with Crippen molar-refractivity contribution in [3.05, 3.63) is 35.0 Å². The molecule has 0 aliphatic rings. The number of aromatic nitrogens is 3. The van der Waals surface area contributed by atoms with E-state index in [2.05, 4.69) is 15.4 Å². The molecule has 0 saturated carbocycles. The van der Waals surface area contributed by atoms with Crippen LogP contribution in [0.1, 0.15) is 41.9 Å². The van der Waals surface area contributed by atoms with E-state index in [1.165, 1.54) is 6.26 Å². The molecule has 2 aromatic rings. The molecular weight excluding hydrogens is 256 g/mol. The molecule has 108 valence electrons. The topological polar surface area (TPSA) is 75.0 Å². The first-order valence-electron chi connectivity index (χ1n) is 6.63. The van der Waals surface area contributed by atoms with E-state index in [4.69, 9.17) is 4.52 Å². The highest BCUT2D eigenvalue weighted by Crippen LogP contribution is 2.25. The minimum Gasteiger partial charge on any atom is -0.364 e. The number of H-pyrrole nitrogens is 1. The van der Waals surface area contributed by atoms with Gasteiger partial charge >= 0.3 is 0 Å². The van der Waals surface area contributed by atoms with Crippen LogP contribution < -0.4 is 0 Å². The van der Waals surface area contributed by atoms with Gasteiger partial charge in [0.15, 0.2) is 0 Å². The SMILES string of the molecule is Cc1n[nH]c(C)c1C(C)CC(=O)N(C)Cc1ccon1. The molecule has 6 heteroatoms. The zero-order valence-corrected chi connectivity index (χ0v) is 12.3. The maximum Gasteiger partial charge on any atom is 0.223 e. The van der Waals surface area contributed by atoms with Gasteiger partial charge in [0, 0.05) is 25.2 Å². The highest BCUT2D eigenvalue weighted by atomic mass is 16.5. The van der Waals surface area contributed by atoms with Crippen LogP contribution in [-0.4, -0.2) is 33.2 Å². The summed E-state index contributed by atoms with van der Waals surface area (Å²) in [6, 6.07) is 1.76. The van der Waals surface area contributed by atoms with Gasteiger partial charge in [-0.25, -0.2) is 0 Å². The van der Waals surface area contributed by atoms with Crippen molar-refractivity contribution in [1.29, 1.82) is 0 Å². The highest BCUT2D eigenvalue weighted by molar-refractivity contribution is 5.76. The van der Waals surface area contributed by atoms with Crippen LogP contribution in [0.5, 0.6) is 0 Å². The zero-order valence-electron chi connectivity index (χ0n) is 12.3. The molecule has 1 atom stereocenters. The van der Waals surface area contributed by atoms with E-state index >= 15 is 0 Å². The fraction of sp³-hybridized carbons (Fsp3) is 0.500. The monoisotopic (exact) mass is 276 g/mol. The fourth-order valence-electron chi connectivity index (χ4n) is 2.46. The van der Waals surface area contributed by atoms with E-state index in [0.29, 0.717) is 13.0 Å². The van der Waals surface area contributed by atoms with Gasteiger partial charge in [-0.3, -0.25) is 9.89 Å². The molecule has 2 rings (SSSR count). The second-order valence-electron chi connectivity index (χ2n) is 5.19. The molecule has 0 aromatic carbocycles. The number of aromatic amines is 1. The third-order valence-corrected chi connectivity index (χ3v) is 3.47. The third-order valence-electron chi connectivity index (χ3n) is 3.47. The highest BCUT2D eigenvalue weighted by Gasteiger charge is 2.20. The Morgan fingerprint density at radius 2 is 2.25 bits per heavy atom. The average molecular weight is 276 g/mol. The van der Waals surface area contributed by atoms with Gasteiger partial charge < -0.3 is 9.42 Å². The van der Waals surface area contributed by atoms with Gasteiger partial charge in [0.2, 0.25) is 5.91 Å². The number of carbonyl (C=O) groups excluding carboxylic acids is 1. The standard InChI is InChI=1S/C14H20N4O2/c1-9(14-10(2)15-16-11(14)3)7-13(19)18(4)8-12-5-6-20-17-12/h5-6,9H,7-8H2,1-4H3,(H,15,16). The van der Waals surface area contributed by atoms with Gasteiger partial charge in [0.25, 0.3) is 0 Å². The Morgan fingerprint density at radius 3 is 2.80 bits per heavy atom. The van der Waals surface area contributed by atoms with Crippen LogP contribution in [0, 0.1) is 13.8 Å². The molecule has 1 unspecified atom stereocenters. The number of aryl methyl sites for hydroxylation is 2. The first kappa shape index (κ1) is 14.3. The molecule has 0 radical (unpaired) electrons. The lowest BCUT2D eigenvalue weighted by Crippen LogP contribution is -2.27. The molecule has 2 heterocycles. The summed E-state index contributed by atoms with van der Waals surface area (Å²) in [5, 5.41) is 10.9. The number of nitrogens with zero attached hydrogens (tertiary/aromatic N) is 3. The first-order chi connectivity index (χ1) is 9.49. The molecule has 0 aliphatic carbocycles. The molecule has 0 bridgehead atoms. The molecule has 1 N–H and O–H groups in total. The minimum atomic E-state index is 0.0838. The van der Waals surface area contributed by atoms with Gasteiger partial charge in [-0.05, 0) is 25.3 Å². The minimum absolute atomic E-state index is 0.0838. The molecule has 20 heavy (non-hydrogen) atoms. The predicted octanol–water partition coefficient (Wildman–Crippen LogP) is 2.17. The van der Waals surface area contributed by atoms with Crippen molar-refractivity contribution in [2.75, 3.05) is 7.05 Å². The number of carbonyl (C=O) groups is 1. The second-order valence-corrected chi connectivity index (χ2v) is 5.19. The smallest absolute Gasteiger partial charge is 0.223 e. The van der Waals surface area contributed by atoms with Crippen LogP contribution in [0.4, 0.5) is 0 Å². The zero-order chi connectivity index (χ0) is 14.7. The van der Waals surface area contributed by atoms with Crippen LogP contribution in [0.25, 0.3) is 0 Å². The Bertz CT molecular complexity index is 555. The van der Waals surface area contributed by atoms with Crippen LogP contribution in [0.15, 0.2) is 16.9 Å². The summed E-state index contributed by atoms with van der Waals surface area (Å²) in [5.41, 5.74) is 3.88. The number of amides is 1. The van der Waals surface area contributed by atoms with Crippen molar-refractivity contribution >= 4 is 5.91 Å². The van der Waals surface area contributed by atoms with Crippen molar-refractivity contribution in [3.63, 3.8) is 0 Å². The number of hydrogen-bond acceptors (Lipinski definition) is 4. The number of hydrogen-bond donors (Lipinski definition) is 1. The molecule has 1 amide bonds. The Kier molecular flexibility index (Phi) is 4.22. The predicted molar refractivity (Wildman–Crippen MR) is 74.1 cm³/mol. The lowest BCUT2D eigenvalue weighted by molar-refractivity contribution is -0.130. The Labute approximate surface area is 118 Å². The summed E-state index contributed by atoms with van der Waals surface area (Å²) in [6.45, 7) is 6.45. The Balaban J connectivity index is 1.97. The second kappa shape index (κ2) is 5.90. The normalized spacial score (nSPS) is 12.4. The molecule has 0 spiro atoms. The van der Waals surface area contributed by atoms with Crippen molar-refractivity contribution < 1.29 is 9.32 Å². The summed E-state index contributed by atoms with van der Waals surface area (Å²) in [6.07, 6.45) is 1.96. The Hall–Kier alpha value is -2.11. The largest absolute Gasteiger partial charge is 0.364 e. The van der Waals surface area contributed by atoms with Crippen LogP contribution in [0.3, 0.4) is 0 Å². The molecule has 2 aromatic heterocycles. The van der Waals surface area contributed by atoms with Crippen LogP contribution in [0.2, 0.25) is 0 Å². The van der Waals surface area contributed by atoms with Crippen molar-refractivity contribution in [1.82, 2.24) is 20.3 Å². The van der Waals surface area contributed by atoms with Crippen molar-refractivity contribution in [3.8, 4) is 0 Å². The van der Waals surface area contributed by atoms with E-state index in [1.54, 1.807) is 18.0 Å². The lowest BCUT2D eigenvalue weighted by atomic mass is 9.95. The van der Waals surface area contributed by atoms with Gasteiger partial charge in [0.05, 0.1) is 12.2 Å². The first-order valence-corrected chi connectivity index (χ1v) is 6.63. The average Bonchev–Trinajstić information content (AvgIpc) is 2.99. The summed E-state index contributed by atoms with van der Waals surface area (Å²) in [5.74, 6) is 0.224. The number of rotatable bonds is 5. The summed E-state index contributed by atoms with van der Waals surface area (Å²) in [4.78, 5) is 13.9. The van der Waals surface area contributed by atoms with Gasteiger partial charge in [-0.1, -0.05) is 12.1 Å². The fourth-order valence-corrected chi connectivity index (χ4v) is 2.46. The van der Waals surface area contributed by atoms with E-state index in [1.807, 2.05) is 20.8 Å². The third kappa shape index (κ3) is 3.07. The van der Waals surface area contributed by atoms with Crippen LogP contribution >= 0.6 is 0 Å². The molecule has 0 fully saturated rings. The van der Waals surface area contributed by atoms with E-state index in [9.17, 15) is 4.79 Å². The van der Waals surface area contributed by atoms with Crippen LogP contribution in [-0.2, 0) is 11.3 Å². The Morgan fingerprint density at radius 1 is 1.50 bits per heavy atom. The maximum atomic E-state index is 12.2. The van der Waals surface area contributed by atoms with E-state index in [-0.39, 0.29) is 11.8 Å². The van der Waals surface area contributed by atoms with Crippen molar-refractivity contribution in [2.45, 2.75) is 39.7 Å². The quantitative estimate of drug-likeness (QED) is 0.908. The van der Waals surface area contributed by atoms with Gasteiger partial charge in [0.1, 0.15) is 12.0 Å². The van der Waals surface area contributed by atoms with Gasteiger partial charge in [-0.2, -0.15) is 5.10 Å². The van der Waals surface area contributed by atoms with Crippen molar-refractivity contribution in [2.24, 2.45) is 0 Å². The molecule has 6 nitrogen and oxygen atoms in total. The maximum absolute atomic E-state index is 12.2. The molecule has 0 saturated heterocycles. The molecular formula is C14H20N4O2. The number of nitrogens with one attached hydrogen (secondary N) is 1. The van der Waals surface area contributed by atoms with Gasteiger partial charge in [-0.15, -0.1) is 0 Å². The molecule has 0 aliphatic heterocycles. The summed E-state index contributed by atoms with van der Waals surface area (Å²) < 4.78 is 4.77. The summed E-state index contributed by atoms with van der Waals surface area (Å²) in [7, 11) is 1.78. The van der Waals surface area contributed by atoms with E-state index < -0.39 is 0 Å².